The highest BCUT2D eigenvalue weighted by Gasteiger charge is 2.19. The van der Waals surface area contributed by atoms with Gasteiger partial charge in [0.1, 0.15) is 0 Å². The van der Waals surface area contributed by atoms with E-state index in [-0.39, 0.29) is 11.8 Å². The Bertz CT molecular complexity index is 400. The number of para-hydroxylation sites is 1. The van der Waals surface area contributed by atoms with Crippen LogP contribution in [0.1, 0.15) is 19.3 Å². The Morgan fingerprint density at radius 2 is 2.06 bits per heavy atom. The van der Waals surface area contributed by atoms with Crippen molar-refractivity contribution >= 4 is 11.6 Å². The molecule has 2 rings (SSSR count). The highest BCUT2D eigenvalue weighted by atomic mass is 16.2. The lowest BCUT2D eigenvalue weighted by Crippen LogP contribution is -2.43. The van der Waals surface area contributed by atoms with Crippen LogP contribution >= 0.6 is 0 Å². The van der Waals surface area contributed by atoms with Crippen molar-refractivity contribution in [2.45, 2.75) is 19.3 Å². The van der Waals surface area contributed by atoms with Crippen molar-refractivity contribution in [2.75, 3.05) is 12.1 Å². The van der Waals surface area contributed by atoms with Crippen LogP contribution in [0.3, 0.4) is 0 Å². The third-order valence-electron chi connectivity index (χ3n) is 3.06. The fourth-order valence-corrected chi connectivity index (χ4v) is 2.00. The molecule has 0 bridgehead atoms. The van der Waals surface area contributed by atoms with Crippen LogP contribution in [0.4, 0.5) is 5.69 Å². The first-order valence-corrected chi connectivity index (χ1v) is 6.01. The van der Waals surface area contributed by atoms with Gasteiger partial charge in [0.05, 0.1) is 5.69 Å². The molecular weight excluding hydrogens is 212 g/mol. The number of anilines is 1. The molecule has 0 fully saturated rings. The summed E-state index contributed by atoms with van der Waals surface area (Å²) in [5.74, 6) is 0.229. The Hall–Kier alpha value is -1.77. The molecule has 0 radical (unpaired) electrons. The Morgan fingerprint density at radius 1 is 1.29 bits per heavy atom. The molecule has 1 atom stereocenters. The molecule has 3 heteroatoms. The molecule has 0 saturated carbocycles. The minimum Gasteiger partial charge on any atom is -0.289 e. The monoisotopic (exact) mass is 230 g/mol. The van der Waals surface area contributed by atoms with E-state index in [9.17, 15) is 4.79 Å². The standard InChI is InChI=1S/C14H18N2O/c1-16(13-10-6-3-7-11-13)15-14(17)12-8-4-2-5-9-12/h2-4,6-7,10-12H,5,8-9H2,1H3,(H,15,17). The van der Waals surface area contributed by atoms with Gasteiger partial charge < -0.3 is 0 Å². The van der Waals surface area contributed by atoms with Gasteiger partial charge in [0, 0.05) is 13.0 Å². The number of allylic oxidation sites excluding steroid dienone is 2. The number of hydrazine groups is 1. The van der Waals surface area contributed by atoms with E-state index in [0.717, 1.165) is 24.9 Å². The van der Waals surface area contributed by atoms with Crippen LogP contribution in [0.5, 0.6) is 0 Å². The van der Waals surface area contributed by atoms with Crippen LogP contribution in [-0.4, -0.2) is 13.0 Å². The summed E-state index contributed by atoms with van der Waals surface area (Å²) in [4.78, 5) is 12.0. The normalized spacial score (nSPS) is 18.8. The molecule has 1 aromatic carbocycles. The Morgan fingerprint density at radius 3 is 2.71 bits per heavy atom. The van der Waals surface area contributed by atoms with Gasteiger partial charge in [0.2, 0.25) is 5.91 Å². The second-order valence-corrected chi connectivity index (χ2v) is 4.35. The molecule has 0 heterocycles. The first-order chi connectivity index (χ1) is 8.27. The van der Waals surface area contributed by atoms with E-state index in [0.29, 0.717) is 0 Å². The second kappa shape index (κ2) is 5.53. The molecule has 0 aliphatic heterocycles. The molecule has 1 N–H and O–H groups in total. The van der Waals surface area contributed by atoms with E-state index in [1.54, 1.807) is 5.01 Å². The predicted molar refractivity (Wildman–Crippen MR) is 69.5 cm³/mol. The fraction of sp³-hybridized carbons (Fsp3) is 0.357. The molecule has 1 aliphatic rings. The van der Waals surface area contributed by atoms with Gasteiger partial charge in [-0.15, -0.1) is 0 Å². The van der Waals surface area contributed by atoms with Crippen LogP contribution in [0, 0.1) is 5.92 Å². The van der Waals surface area contributed by atoms with Crippen molar-refractivity contribution in [3.05, 3.63) is 42.5 Å². The van der Waals surface area contributed by atoms with Crippen molar-refractivity contribution in [3.63, 3.8) is 0 Å². The molecule has 0 spiro atoms. The molecule has 1 aliphatic carbocycles. The zero-order valence-electron chi connectivity index (χ0n) is 10.1. The summed E-state index contributed by atoms with van der Waals surface area (Å²) >= 11 is 0. The van der Waals surface area contributed by atoms with Gasteiger partial charge in [-0.1, -0.05) is 30.4 Å². The molecule has 17 heavy (non-hydrogen) atoms. The maximum Gasteiger partial charge on any atom is 0.241 e. The van der Waals surface area contributed by atoms with Crippen LogP contribution in [0.15, 0.2) is 42.5 Å². The molecule has 1 amide bonds. The lowest BCUT2D eigenvalue weighted by atomic mass is 9.94. The molecule has 0 saturated heterocycles. The van der Waals surface area contributed by atoms with Crippen molar-refractivity contribution in [1.29, 1.82) is 0 Å². The lowest BCUT2D eigenvalue weighted by molar-refractivity contribution is -0.125. The maximum atomic E-state index is 12.0. The van der Waals surface area contributed by atoms with E-state index >= 15 is 0 Å². The summed E-state index contributed by atoms with van der Waals surface area (Å²) in [6, 6.07) is 9.83. The number of hydrogen-bond donors (Lipinski definition) is 1. The Balaban J connectivity index is 1.92. The number of carbonyl (C=O) groups is 1. The van der Waals surface area contributed by atoms with Gasteiger partial charge in [0.25, 0.3) is 0 Å². The summed E-state index contributed by atoms with van der Waals surface area (Å²) < 4.78 is 0. The zero-order chi connectivity index (χ0) is 12.1. The first kappa shape index (κ1) is 11.7. The van der Waals surface area contributed by atoms with Crippen molar-refractivity contribution in [1.82, 2.24) is 5.43 Å². The minimum absolute atomic E-state index is 0.112. The molecule has 1 aromatic rings. The number of nitrogens with zero attached hydrogens (tertiary/aromatic N) is 1. The summed E-state index contributed by atoms with van der Waals surface area (Å²) in [5, 5.41) is 1.78. The van der Waals surface area contributed by atoms with E-state index in [4.69, 9.17) is 0 Å². The van der Waals surface area contributed by atoms with E-state index in [2.05, 4.69) is 17.6 Å². The van der Waals surface area contributed by atoms with Crippen LogP contribution in [-0.2, 0) is 4.79 Å². The second-order valence-electron chi connectivity index (χ2n) is 4.35. The number of amides is 1. The Labute approximate surface area is 102 Å². The smallest absolute Gasteiger partial charge is 0.241 e. The predicted octanol–water partition coefficient (Wildman–Crippen LogP) is 2.51. The van der Waals surface area contributed by atoms with E-state index < -0.39 is 0 Å². The van der Waals surface area contributed by atoms with Gasteiger partial charge in [-0.3, -0.25) is 15.2 Å². The summed E-state index contributed by atoms with van der Waals surface area (Å²) in [5.41, 5.74) is 3.92. The topological polar surface area (TPSA) is 32.3 Å². The van der Waals surface area contributed by atoms with Crippen LogP contribution < -0.4 is 10.4 Å². The quantitative estimate of drug-likeness (QED) is 0.639. The number of nitrogens with one attached hydrogen (secondary N) is 1. The van der Waals surface area contributed by atoms with Crippen LogP contribution in [0.25, 0.3) is 0 Å². The highest BCUT2D eigenvalue weighted by molar-refractivity contribution is 5.80. The van der Waals surface area contributed by atoms with Crippen LogP contribution in [0.2, 0.25) is 0 Å². The van der Waals surface area contributed by atoms with Crippen molar-refractivity contribution in [2.24, 2.45) is 5.92 Å². The van der Waals surface area contributed by atoms with Gasteiger partial charge in [0.15, 0.2) is 0 Å². The Kier molecular flexibility index (Phi) is 3.81. The molecule has 90 valence electrons. The first-order valence-electron chi connectivity index (χ1n) is 6.01. The fourth-order valence-electron chi connectivity index (χ4n) is 2.00. The number of carbonyl (C=O) groups excluding carboxylic acids is 1. The third kappa shape index (κ3) is 3.09. The average molecular weight is 230 g/mol. The lowest BCUT2D eigenvalue weighted by Gasteiger charge is -2.24. The van der Waals surface area contributed by atoms with Gasteiger partial charge in [-0.25, -0.2) is 0 Å². The number of rotatable bonds is 3. The summed E-state index contributed by atoms with van der Waals surface area (Å²) in [7, 11) is 1.87. The molecule has 1 unspecified atom stereocenters. The summed E-state index contributed by atoms with van der Waals surface area (Å²) in [6.45, 7) is 0. The van der Waals surface area contributed by atoms with Gasteiger partial charge in [-0.2, -0.15) is 0 Å². The van der Waals surface area contributed by atoms with Crippen molar-refractivity contribution < 1.29 is 4.79 Å². The molecular formula is C14H18N2O. The van der Waals surface area contributed by atoms with E-state index in [1.165, 1.54) is 0 Å². The summed E-state index contributed by atoms with van der Waals surface area (Å²) in [6.07, 6.45) is 7.05. The number of benzene rings is 1. The van der Waals surface area contributed by atoms with E-state index in [1.807, 2.05) is 37.4 Å². The zero-order valence-corrected chi connectivity index (χ0v) is 10.1. The average Bonchev–Trinajstić information content (AvgIpc) is 2.40. The maximum absolute atomic E-state index is 12.0. The van der Waals surface area contributed by atoms with Crippen molar-refractivity contribution in [3.8, 4) is 0 Å². The number of hydrogen-bond acceptors (Lipinski definition) is 2. The third-order valence-corrected chi connectivity index (χ3v) is 3.06. The molecule has 3 nitrogen and oxygen atoms in total. The SMILES string of the molecule is CN(NC(=O)C1CC=CCC1)c1ccccc1. The van der Waals surface area contributed by atoms with Gasteiger partial charge in [-0.05, 0) is 31.4 Å². The minimum atomic E-state index is 0.112. The van der Waals surface area contributed by atoms with Gasteiger partial charge >= 0.3 is 0 Å². The molecule has 0 aromatic heterocycles. The largest absolute Gasteiger partial charge is 0.289 e. The highest BCUT2D eigenvalue weighted by Crippen LogP contribution is 2.18.